The first-order valence-electron chi connectivity index (χ1n) is 7.34. The second-order valence-electron chi connectivity index (χ2n) is 5.75. The third kappa shape index (κ3) is 2.81. The summed E-state index contributed by atoms with van der Waals surface area (Å²) in [6.45, 7) is 3.73. The van der Waals surface area contributed by atoms with Gasteiger partial charge in [-0.25, -0.2) is 4.39 Å². The molecule has 1 saturated carbocycles. The Morgan fingerprint density at radius 3 is 2.65 bits per heavy atom. The van der Waals surface area contributed by atoms with Crippen molar-refractivity contribution >= 4 is 0 Å². The number of aryl methyl sites for hydroxylation is 1. The van der Waals surface area contributed by atoms with Crippen LogP contribution in [0.4, 0.5) is 4.39 Å². The molecule has 0 unspecified atom stereocenters. The van der Waals surface area contributed by atoms with Crippen LogP contribution in [0.25, 0.3) is 0 Å². The van der Waals surface area contributed by atoms with Crippen LogP contribution in [0, 0.1) is 18.7 Å². The van der Waals surface area contributed by atoms with Gasteiger partial charge in [-0.2, -0.15) is 0 Å². The second-order valence-corrected chi connectivity index (χ2v) is 5.75. The Morgan fingerprint density at radius 2 is 1.95 bits per heavy atom. The number of hydrogen-bond acceptors (Lipinski definition) is 3. The number of halogens is 1. The molecule has 0 amide bonds. The normalized spacial score (nSPS) is 22.3. The summed E-state index contributed by atoms with van der Waals surface area (Å²) < 4.78 is 30.9. The van der Waals surface area contributed by atoms with Gasteiger partial charge < -0.3 is 14.2 Å². The third-order valence-electron chi connectivity index (χ3n) is 4.31. The van der Waals surface area contributed by atoms with E-state index in [4.69, 9.17) is 14.2 Å². The van der Waals surface area contributed by atoms with Crippen LogP contribution in [0.3, 0.4) is 0 Å². The van der Waals surface area contributed by atoms with Gasteiger partial charge >= 0.3 is 0 Å². The molecule has 3 rings (SSSR count). The first-order valence-corrected chi connectivity index (χ1v) is 7.34. The highest BCUT2D eigenvalue weighted by molar-refractivity contribution is 5.30. The monoisotopic (exact) mass is 280 g/mol. The summed E-state index contributed by atoms with van der Waals surface area (Å²) >= 11 is 0. The first kappa shape index (κ1) is 13.8. The van der Waals surface area contributed by atoms with Crippen molar-refractivity contribution in [3.05, 3.63) is 29.6 Å². The number of hydrogen-bond donors (Lipinski definition) is 0. The van der Waals surface area contributed by atoms with Gasteiger partial charge in [0.05, 0.1) is 19.8 Å². The van der Waals surface area contributed by atoms with Crippen molar-refractivity contribution in [1.82, 2.24) is 0 Å². The Balaban J connectivity index is 1.51. The van der Waals surface area contributed by atoms with Gasteiger partial charge in [-0.15, -0.1) is 0 Å². The number of ether oxygens (including phenoxy) is 3. The lowest BCUT2D eigenvalue weighted by Gasteiger charge is -2.35. The molecule has 1 saturated heterocycles. The zero-order valence-corrected chi connectivity index (χ0v) is 11.9. The van der Waals surface area contributed by atoms with Gasteiger partial charge in [-0.1, -0.05) is 12.1 Å². The van der Waals surface area contributed by atoms with Gasteiger partial charge in [0.2, 0.25) is 0 Å². The molecule has 2 aliphatic rings. The van der Waals surface area contributed by atoms with Crippen LogP contribution in [0.5, 0.6) is 5.75 Å². The molecule has 0 N–H and O–H groups in total. The Morgan fingerprint density at radius 1 is 1.25 bits per heavy atom. The van der Waals surface area contributed by atoms with Crippen molar-refractivity contribution in [2.75, 3.05) is 19.8 Å². The van der Waals surface area contributed by atoms with Crippen molar-refractivity contribution in [3.8, 4) is 5.75 Å². The van der Waals surface area contributed by atoms with E-state index in [1.807, 2.05) is 6.07 Å². The van der Waals surface area contributed by atoms with Gasteiger partial charge in [-0.3, -0.25) is 0 Å². The largest absolute Gasteiger partial charge is 0.490 e. The van der Waals surface area contributed by atoms with Crippen LogP contribution in [-0.2, 0) is 9.47 Å². The molecule has 1 heterocycles. The summed E-state index contributed by atoms with van der Waals surface area (Å²) in [6, 6.07) is 5.26. The predicted molar refractivity (Wildman–Crippen MR) is 73.2 cm³/mol. The number of rotatable bonds is 3. The smallest absolute Gasteiger partial charge is 0.168 e. The molecule has 1 aromatic rings. The fourth-order valence-electron chi connectivity index (χ4n) is 3.01. The lowest BCUT2D eigenvalue weighted by Crippen LogP contribution is -2.36. The topological polar surface area (TPSA) is 27.7 Å². The SMILES string of the molecule is Cc1cccc(OCC2CCC3(CC2)OCCO3)c1F. The summed E-state index contributed by atoms with van der Waals surface area (Å²) in [5.74, 6) is 0.236. The highest BCUT2D eigenvalue weighted by Gasteiger charge is 2.40. The van der Waals surface area contributed by atoms with Crippen LogP contribution in [0.15, 0.2) is 18.2 Å². The summed E-state index contributed by atoms with van der Waals surface area (Å²) in [6.07, 6.45) is 3.84. The summed E-state index contributed by atoms with van der Waals surface area (Å²) in [4.78, 5) is 0. The summed E-state index contributed by atoms with van der Waals surface area (Å²) in [7, 11) is 0. The molecule has 0 radical (unpaired) electrons. The highest BCUT2D eigenvalue weighted by atomic mass is 19.1. The molecule has 20 heavy (non-hydrogen) atoms. The van der Waals surface area contributed by atoms with Crippen LogP contribution >= 0.6 is 0 Å². The fourth-order valence-corrected chi connectivity index (χ4v) is 3.01. The Bertz CT molecular complexity index is 459. The van der Waals surface area contributed by atoms with Crippen LogP contribution in [0.1, 0.15) is 31.2 Å². The summed E-state index contributed by atoms with van der Waals surface area (Å²) in [5.41, 5.74) is 0.623. The molecule has 0 bridgehead atoms. The molecule has 0 atom stereocenters. The van der Waals surface area contributed by atoms with Gasteiger partial charge in [0.15, 0.2) is 17.4 Å². The average molecular weight is 280 g/mol. The molecule has 2 fully saturated rings. The Labute approximate surface area is 119 Å². The van der Waals surface area contributed by atoms with Crippen LogP contribution in [0.2, 0.25) is 0 Å². The zero-order chi connectivity index (χ0) is 14.0. The van der Waals surface area contributed by atoms with Crippen LogP contribution < -0.4 is 4.74 Å². The molecular weight excluding hydrogens is 259 g/mol. The lowest BCUT2D eigenvalue weighted by atomic mass is 9.85. The van der Waals surface area contributed by atoms with Crippen LogP contribution in [-0.4, -0.2) is 25.6 Å². The number of benzene rings is 1. The molecule has 110 valence electrons. The molecule has 1 aliphatic carbocycles. The van der Waals surface area contributed by atoms with E-state index in [0.29, 0.717) is 37.1 Å². The maximum absolute atomic E-state index is 13.8. The van der Waals surface area contributed by atoms with Gasteiger partial charge in [-0.05, 0) is 37.3 Å². The van der Waals surface area contributed by atoms with Crippen molar-refractivity contribution in [3.63, 3.8) is 0 Å². The fraction of sp³-hybridized carbons (Fsp3) is 0.625. The molecule has 1 aliphatic heterocycles. The maximum Gasteiger partial charge on any atom is 0.168 e. The Kier molecular flexibility index (Phi) is 3.94. The first-order chi connectivity index (χ1) is 9.69. The van der Waals surface area contributed by atoms with E-state index in [1.54, 1.807) is 19.1 Å². The lowest BCUT2D eigenvalue weighted by molar-refractivity contribution is -0.183. The van der Waals surface area contributed by atoms with Gasteiger partial charge in [0.1, 0.15) is 0 Å². The van der Waals surface area contributed by atoms with E-state index in [2.05, 4.69) is 0 Å². The molecule has 1 aromatic carbocycles. The predicted octanol–water partition coefficient (Wildman–Crippen LogP) is 3.45. The highest BCUT2D eigenvalue weighted by Crippen LogP contribution is 2.38. The van der Waals surface area contributed by atoms with E-state index >= 15 is 0 Å². The molecule has 1 spiro atoms. The molecular formula is C16H21FO3. The average Bonchev–Trinajstić information content (AvgIpc) is 2.91. The second kappa shape index (κ2) is 5.70. The van der Waals surface area contributed by atoms with E-state index in [0.717, 1.165) is 25.7 Å². The summed E-state index contributed by atoms with van der Waals surface area (Å²) in [5, 5.41) is 0. The third-order valence-corrected chi connectivity index (χ3v) is 4.31. The zero-order valence-electron chi connectivity index (χ0n) is 11.9. The van der Waals surface area contributed by atoms with Gasteiger partial charge in [0.25, 0.3) is 0 Å². The maximum atomic E-state index is 13.8. The molecule has 4 heteroatoms. The van der Waals surface area contributed by atoms with Crippen molar-refractivity contribution in [2.24, 2.45) is 5.92 Å². The molecule has 3 nitrogen and oxygen atoms in total. The molecule has 0 aromatic heterocycles. The van der Waals surface area contributed by atoms with Crippen molar-refractivity contribution in [1.29, 1.82) is 0 Å². The van der Waals surface area contributed by atoms with Gasteiger partial charge in [0, 0.05) is 12.8 Å². The quantitative estimate of drug-likeness (QED) is 0.848. The van der Waals surface area contributed by atoms with E-state index in [9.17, 15) is 4.39 Å². The minimum Gasteiger partial charge on any atom is -0.490 e. The van der Waals surface area contributed by atoms with E-state index in [1.165, 1.54) is 0 Å². The van der Waals surface area contributed by atoms with Crippen molar-refractivity contribution in [2.45, 2.75) is 38.4 Å². The standard InChI is InChI=1S/C16H21FO3/c1-12-3-2-4-14(15(12)17)18-11-13-5-7-16(8-6-13)19-9-10-20-16/h2-4,13H,5-11H2,1H3. The van der Waals surface area contributed by atoms with E-state index < -0.39 is 0 Å². The van der Waals surface area contributed by atoms with Crippen molar-refractivity contribution < 1.29 is 18.6 Å². The minimum atomic E-state index is -0.328. The minimum absolute atomic E-state index is 0.248. The van der Waals surface area contributed by atoms with E-state index in [-0.39, 0.29) is 11.6 Å². The Hall–Kier alpha value is -1.13.